The molecular formula is C21H25N5O2. The SMILES string of the molecule is CC(C)c1nnc(C2CCN(C(=O)c3ccc(Cn4ccnc4)cc3)CC2)o1. The second-order valence-corrected chi connectivity index (χ2v) is 7.63. The summed E-state index contributed by atoms with van der Waals surface area (Å²) in [7, 11) is 0. The fourth-order valence-corrected chi connectivity index (χ4v) is 3.50. The third kappa shape index (κ3) is 3.98. The van der Waals surface area contributed by atoms with E-state index in [1.165, 1.54) is 0 Å². The summed E-state index contributed by atoms with van der Waals surface area (Å²) in [5.41, 5.74) is 1.87. The molecule has 1 aromatic carbocycles. The first-order valence-electron chi connectivity index (χ1n) is 9.77. The van der Waals surface area contributed by atoms with Crippen LogP contribution in [0.2, 0.25) is 0 Å². The van der Waals surface area contributed by atoms with E-state index >= 15 is 0 Å². The molecule has 1 amide bonds. The smallest absolute Gasteiger partial charge is 0.253 e. The van der Waals surface area contributed by atoms with Gasteiger partial charge in [0.25, 0.3) is 5.91 Å². The predicted molar refractivity (Wildman–Crippen MR) is 104 cm³/mol. The molecular weight excluding hydrogens is 354 g/mol. The Morgan fingerprint density at radius 1 is 1.18 bits per heavy atom. The maximum Gasteiger partial charge on any atom is 0.253 e. The largest absolute Gasteiger partial charge is 0.425 e. The van der Waals surface area contributed by atoms with Crippen molar-refractivity contribution < 1.29 is 9.21 Å². The minimum Gasteiger partial charge on any atom is -0.425 e. The molecule has 0 N–H and O–H groups in total. The number of piperidine rings is 1. The van der Waals surface area contributed by atoms with Gasteiger partial charge in [-0.2, -0.15) is 0 Å². The van der Waals surface area contributed by atoms with E-state index in [2.05, 4.69) is 15.2 Å². The molecule has 0 bridgehead atoms. The normalized spacial score (nSPS) is 15.3. The molecule has 7 nitrogen and oxygen atoms in total. The number of nitrogens with zero attached hydrogens (tertiary/aromatic N) is 5. The van der Waals surface area contributed by atoms with Crippen LogP contribution >= 0.6 is 0 Å². The van der Waals surface area contributed by atoms with Crippen molar-refractivity contribution in [3.05, 3.63) is 65.9 Å². The van der Waals surface area contributed by atoms with E-state index in [9.17, 15) is 4.79 Å². The summed E-state index contributed by atoms with van der Waals surface area (Å²) in [5.74, 6) is 1.95. The van der Waals surface area contributed by atoms with Gasteiger partial charge in [0.15, 0.2) is 0 Å². The topological polar surface area (TPSA) is 77.1 Å². The van der Waals surface area contributed by atoms with Crippen molar-refractivity contribution >= 4 is 5.91 Å². The average molecular weight is 379 g/mol. The number of amides is 1. The highest BCUT2D eigenvalue weighted by atomic mass is 16.4. The highest BCUT2D eigenvalue weighted by Gasteiger charge is 2.28. The summed E-state index contributed by atoms with van der Waals surface area (Å²) in [6.07, 6.45) is 7.18. The Bertz CT molecular complexity index is 907. The second-order valence-electron chi connectivity index (χ2n) is 7.63. The number of likely N-dealkylation sites (tertiary alicyclic amines) is 1. The van der Waals surface area contributed by atoms with Crippen molar-refractivity contribution in [2.75, 3.05) is 13.1 Å². The summed E-state index contributed by atoms with van der Waals surface area (Å²) >= 11 is 0. The van der Waals surface area contributed by atoms with E-state index < -0.39 is 0 Å². The Kier molecular flexibility index (Phi) is 5.23. The van der Waals surface area contributed by atoms with Crippen molar-refractivity contribution in [3.63, 3.8) is 0 Å². The molecule has 28 heavy (non-hydrogen) atoms. The van der Waals surface area contributed by atoms with Crippen molar-refractivity contribution in [1.29, 1.82) is 0 Å². The Morgan fingerprint density at radius 3 is 2.54 bits per heavy atom. The Morgan fingerprint density at radius 2 is 1.93 bits per heavy atom. The third-order valence-corrected chi connectivity index (χ3v) is 5.21. The third-order valence-electron chi connectivity index (χ3n) is 5.21. The number of hydrogen-bond acceptors (Lipinski definition) is 5. The Labute approximate surface area is 164 Å². The molecule has 146 valence electrons. The molecule has 3 heterocycles. The van der Waals surface area contributed by atoms with Crippen molar-refractivity contribution in [2.24, 2.45) is 0 Å². The van der Waals surface area contributed by atoms with Crippen LogP contribution in [0.4, 0.5) is 0 Å². The zero-order valence-corrected chi connectivity index (χ0v) is 16.3. The highest BCUT2D eigenvalue weighted by molar-refractivity contribution is 5.94. The molecule has 0 atom stereocenters. The number of benzene rings is 1. The molecule has 1 fully saturated rings. The van der Waals surface area contributed by atoms with E-state index in [1.807, 2.05) is 53.8 Å². The average Bonchev–Trinajstić information content (AvgIpc) is 3.40. The van der Waals surface area contributed by atoms with E-state index in [-0.39, 0.29) is 17.7 Å². The highest BCUT2D eigenvalue weighted by Crippen LogP contribution is 2.29. The van der Waals surface area contributed by atoms with Gasteiger partial charge in [-0.1, -0.05) is 26.0 Å². The molecule has 1 aliphatic rings. The maximum atomic E-state index is 12.8. The molecule has 1 aliphatic heterocycles. The number of carbonyl (C=O) groups is 1. The molecule has 3 aromatic rings. The van der Waals surface area contributed by atoms with Gasteiger partial charge >= 0.3 is 0 Å². The lowest BCUT2D eigenvalue weighted by Crippen LogP contribution is -2.38. The molecule has 0 unspecified atom stereocenters. The maximum absolute atomic E-state index is 12.8. The number of aromatic nitrogens is 4. The van der Waals surface area contributed by atoms with Crippen LogP contribution in [0.3, 0.4) is 0 Å². The minimum atomic E-state index is 0.0843. The lowest BCUT2D eigenvalue weighted by Gasteiger charge is -2.30. The van der Waals surface area contributed by atoms with Crippen LogP contribution in [-0.2, 0) is 6.54 Å². The van der Waals surface area contributed by atoms with E-state index in [0.29, 0.717) is 24.9 Å². The van der Waals surface area contributed by atoms with E-state index in [0.717, 1.165) is 30.5 Å². The van der Waals surface area contributed by atoms with Gasteiger partial charge in [-0.05, 0) is 30.5 Å². The van der Waals surface area contributed by atoms with Gasteiger partial charge in [-0.25, -0.2) is 4.98 Å². The van der Waals surface area contributed by atoms with E-state index in [4.69, 9.17) is 4.42 Å². The summed E-state index contributed by atoms with van der Waals surface area (Å²) in [6, 6.07) is 7.83. The summed E-state index contributed by atoms with van der Waals surface area (Å²) in [6.45, 7) is 6.25. The zero-order chi connectivity index (χ0) is 19.5. The molecule has 0 aliphatic carbocycles. The molecule has 1 saturated heterocycles. The van der Waals surface area contributed by atoms with Gasteiger partial charge in [0, 0.05) is 49.4 Å². The standard InChI is InChI=1S/C21H25N5O2/c1-15(2)19-23-24-20(28-19)17-7-10-26(11-8-17)21(27)18-5-3-16(4-6-18)13-25-12-9-22-14-25/h3-6,9,12,14-15,17H,7-8,10-11,13H2,1-2H3. The summed E-state index contributed by atoms with van der Waals surface area (Å²) < 4.78 is 7.79. The lowest BCUT2D eigenvalue weighted by molar-refractivity contribution is 0.0706. The number of imidazole rings is 1. The van der Waals surface area contributed by atoms with Crippen molar-refractivity contribution in [1.82, 2.24) is 24.6 Å². The predicted octanol–water partition coefficient (Wildman–Crippen LogP) is 3.46. The van der Waals surface area contributed by atoms with Crippen LogP contribution in [0, 0.1) is 0 Å². The number of carbonyl (C=O) groups excluding carboxylic acids is 1. The first-order chi connectivity index (χ1) is 13.6. The number of rotatable bonds is 5. The van der Waals surface area contributed by atoms with E-state index in [1.54, 1.807) is 12.5 Å². The Hall–Kier alpha value is -2.96. The molecule has 4 rings (SSSR count). The van der Waals surface area contributed by atoms with Crippen molar-refractivity contribution in [3.8, 4) is 0 Å². The van der Waals surface area contributed by atoms with Crippen LogP contribution in [0.25, 0.3) is 0 Å². The fraction of sp³-hybridized carbons (Fsp3) is 0.429. The van der Waals surface area contributed by atoms with Gasteiger partial charge in [0.05, 0.1) is 6.33 Å². The van der Waals surface area contributed by atoms with Crippen LogP contribution < -0.4 is 0 Å². The zero-order valence-electron chi connectivity index (χ0n) is 16.3. The Balaban J connectivity index is 1.34. The quantitative estimate of drug-likeness (QED) is 0.678. The van der Waals surface area contributed by atoms with Gasteiger partial charge in [0.2, 0.25) is 11.8 Å². The minimum absolute atomic E-state index is 0.0843. The summed E-state index contributed by atoms with van der Waals surface area (Å²) in [5, 5.41) is 8.33. The lowest BCUT2D eigenvalue weighted by atomic mass is 9.96. The molecule has 0 saturated carbocycles. The second kappa shape index (κ2) is 7.96. The molecule has 0 radical (unpaired) electrons. The van der Waals surface area contributed by atoms with Gasteiger partial charge in [-0.3, -0.25) is 4.79 Å². The van der Waals surface area contributed by atoms with Crippen molar-refractivity contribution in [2.45, 2.75) is 45.1 Å². The van der Waals surface area contributed by atoms with Gasteiger partial charge in [0.1, 0.15) is 0 Å². The first-order valence-corrected chi connectivity index (χ1v) is 9.77. The fourth-order valence-electron chi connectivity index (χ4n) is 3.50. The van der Waals surface area contributed by atoms with Gasteiger partial charge < -0.3 is 13.9 Å². The van der Waals surface area contributed by atoms with Crippen LogP contribution in [0.1, 0.15) is 66.2 Å². The molecule has 2 aromatic heterocycles. The molecule has 0 spiro atoms. The van der Waals surface area contributed by atoms with Crippen LogP contribution in [-0.4, -0.2) is 43.6 Å². The van der Waals surface area contributed by atoms with Crippen LogP contribution in [0.15, 0.2) is 47.4 Å². The monoisotopic (exact) mass is 379 g/mol. The summed E-state index contributed by atoms with van der Waals surface area (Å²) in [4.78, 5) is 18.8. The number of hydrogen-bond donors (Lipinski definition) is 0. The van der Waals surface area contributed by atoms with Gasteiger partial charge in [-0.15, -0.1) is 10.2 Å². The first kappa shape index (κ1) is 18.4. The molecule has 7 heteroatoms. The van der Waals surface area contributed by atoms with Crippen LogP contribution in [0.5, 0.6) is 0 Å².